The second-order valence-electron chi connectivity index (χ2n) is 23.4. The summed E-state index contributed by atoms with van der Waals surface area (Å²) < 4.78 is 50.8. The molecule has 86 heavy (non-hydrogen) atoms. The highest BCUT2D eigenvalue weighted by Gasteiger charge is 2.38. The summed E-state index contributed by atoms with van der Waals surface area (Å²) in [6.07, 6.45) is -3.41. The molecule has 4 aromatic rings. The van der Waals surface area contributed by atoms with Gasteiger partial charge in [0.05, 0.1) is 6.04 Å². The van der Waals surface area contributed by atoms with Crippen molar-refractivity contribution in [3.05, 3.63) is 107 Å². The standard InChI is InChI=1S/C61H78ClN6O17P/c1-35(47(69)34-86(78,79-13)80-14)64-53(72)46-32-37-18-28-48(81-57(76)84-60(6,7)8)43(31-37)44-33-41(25-29-49(44)82-58(77)85-61(9,10)11)50(54(73)65-36(2)51(70)67-46)68(12)55(74)45(17-15-16-30-63-56(75)83-59(3,4)5)66-52(71)40-21-19-38(20-22-40)39-23-26-42(62)27-24-39/h18-29,31,33,35-36,45-46,50H,15-17,30,32,34H2,1-14H3,(H,63,75)(H,64,72)(H,65,73)(H,66,71)(H,67,70)/t35-,36-,45-,46-,50-/m0/s1. The van der Waals surface area contributed by atoms with Gasteiger partial charge in [-0.2, -0.15) is 0 Å². The SMILES string of the molecule is COP(=O)(CC(=O)[C@H](C)NC(=O)[C@@H]1Cc2ccc(OC(=O)OC(C)(C)C)c(c2)-c2cc(ccc2OC(=O)OC(C)(C)C)[C@H](N(C)C(=O)[C@H](CCCCNC(=O)OC(C)(C)C)NC(=O)c2ccc(-c3ccc(Cl)cc3)cc2)C(=O)N[C@@H](C)C(=O)N1)OC. The van der Waals surface area contributed by atoms with Gasteiger partial charge in [0.25, 0.3) is 5.91 Å². The summed E-state index contributed by atoms with van der Waals surface area (Å²) in [5.41, 5.74) is -0.711. The summed E-state index contributed by atoms with van der Waals surface area (Å²) in [6.45, 7) is 17.7. The molecule has 6 amide bonds. The van der Waals surface area contributed by atoms with Gasteiger partial charge >= 0.3 is 26.0 Å². The molecule has 0 unspecified atom stereocenters. The number of rotatable bonds is 19. The third-order valence-electron chi connectivity index (χ3n) is 12.9. The van der Waals surface area contributed by atoms with E-state index in [1.54, 1.807) is 98.7 Å². The van der Waals surface area contributed by atoms with Gasteiger partial charge in [-0.05, 0) is 166 Å². The quantitative estimate of drug-likeness (QED) is 0.0192. The van der Waals surface area contributed by atoms with Gasteiger partial charge in [-0.1, -0.05) is 48.0 Å². The predicted molar refractivity (Wildman–Crippen MR) is 320 cm³/mol. The van der Waals surface area contributed by atoms with Gasteiger partial charge < -0.3 is 64.2 Å². The van der Waals surface area contributed by atoms with Crippen molar-refractivity contribution in [2.24, 2.45) is 0 Å². The van der Waals surface area contributed by atoms with Gasteiger partial charge in [-0.15, -0.1) is 0 Å². The number of likely N-dealkylation sites (N-methyl/N-ethyl adjacent to an activating group) is 1. The predicted octanol–water partition coefficient (Wildman–Crippen LogP) is 9.40. The number of nitrogens with one attached hydrogen (secondary N) is 5. The van der Waals surface area contributed by atoms with Crippen LogP contribution in [0.4, 0.5) is 14.4 Å². The van der Waals surface area contributed by atoms with Crippen molar-refractivity contribution in [2.75, 3.05) is 34.0 Å². The Morgan fingerprint density at radius 2 is 1.23 bits per heavy atom. The fourth-order valence-electron chi connectivity index (χ4n) is 8.62. The van der Waals surface area contributed by atoms with E-state index in [1.807, 2.05) is 12.1 Å². The maximum Gasteiger partial charge on any atom is 0.514 e. The fourth-order valence-corrected chi connectivity index (χ4v) is 9.81. The zero-order valence-corrected chi connectivity index (χ0v) is 52.6. The Kier molecular flexibility index (Phi) is 23.6. The molecule has 0 spiro atoms. The van der Waals surface area contributed by atoms with Crippen LogP contribution in [-0.2, 0) is 58.2 Å². The summed E-state index contributed by atoms with van der Waals surface area (Å²) in [5.74, 6) is -5.26. The molecule has 5 N–H and O–H groups in total. The first-order chi connectivity index (χ1) is 40.1. The molecule has 5 rings (SSSR count). The Hall–Kier alpha value is -7.85. The number of ketones is 1. The molecule has 5 atom stereocenters. The Morgan fingerprint density at radius 1 is 0.698 bits per heavy atom. The van der Waals surface area contributed by atoms with Crippen molar-refractivity contribution >= 4 is 72.9 Å². The first-order valence-electron chi connectivity index (χ1n) is 27.7. The van der Waals surface area contributed by atoms with Crippen LogP contribution in [-0.4, -0.2) is 134 Å². The number of hydrogen-bond donors (Lipinski definition) is 5. The molecule has 0 saturated carbocycles. The lowest BCUT2D eigenvalue weighted by Gasteiger charge is -2.33. The second-order valence-corrected chi connectivity index (χ2v) is 26.1. The van der Waals surface area contributed by atoms with Gasteiger partial charge in [-0.25, -0.2) is 14.4 Å². The van der Waals surface area contributed by atoms with Crippen LogP contribution in [0.5, 0.6) is 11.5 Å². The van der Waals surface area contributed by atoms with E-state index in [-0.39, 0.29) is 59.6 Å². The van der Waals surface area contributed by atoms with Gasteiger partial charge in [0, 0.05) is 55.9 Å². The van der Waals surface area contributed by atoms with Crippen molar-refractivity contribution in [1.29, 1.82) is 0 Å². The number of unbranched alkanes of at least 4 members (excludes halogenated alkanes) is 1. The number of amides is 6. The van der Waals surface area contributed by atoms with E-state index >= 15 is 9.59 Å². The molecule has 0 radical (unpaired) electrons. The van der Waals surface area contributed by atoms with Crippen LogP contribution in [0.3, 0.4) is 0 Å². The van der Waals surface area contributed by atoms with Crippen molar-refractivity contribution in [1.82, 2.24) is 31.5 Å². The Labute approximate surface area is 506 Å². The van der Waals surface area contributed by atoms with Gasteiger partial charge in [0.15, 0.2) is 5.78 Å². The highest BCUT2D eigenvalue weighted by Crippen LogP contribution is 2.46. The number of Topliss-reactive ketones (excluding diaryl/α,β-unsaturated/α-hetero) is 1. The minimum atomic E-state index is -3.87. The minimum Gasteiger partial charge on any atom is -0.444 e. The van der Waals surface area contributed by atoms with Crippen LogP contribution in [0, 0.1) is 0 Å². The average Bonchev–Trinajstić information content (AvgIpc) is 1.12. The lowest BCUT2D eigenvalue weighted by molar-refractivity contribution is -0.141. The van der Waals surface area contributed by atoms with Crippen LogP contribution in [0.1, 0.15) is 123 Å². The van der Waals surface area contributed by atoms with Crippen molar-refractivity contribution in [3.63, 3.8) is 0 Å². The van der Waals surface area contributed by atoms with E-state index in [0.29, 0.717) is 17.0 Å². The number of nitrogens with zero attached hydrogens (tertiary/aromatic N) is 1. The summed E-state index contributed by atoms with van der Waals surface area (Å²) in [7, 11) is -0.353. The normalized spacial score (nSPS) is 16.3. The highest BCUT2D eigenvalue weighted by molar-refractivity contribution is 7.54. The Morgan fingerprint density at radius 3 is 1.78 bits per heavy atom. The van der Waals surface area contributed by atoms with E-state index in [9.17, 15) is 38.1 Å². The molecule has 1 aliphatic heterocycles. The lowest BCUT2D eigenvalue weighted by atomic mass is 9.93. The zero-order valence-electron chi connectivity index (χ0n) is 50.9. The first kappa shape index (κ1) is 68.9. The molecule has 4 aromatic carbocycles. The summed E-state index contributed by atoms with van der Waals surface area (Å²) in [6, 6.07) is 14.9. The molecular weight excluding hydrogens is 1160 g/mol. The monoisotopic (exact) mass is 1230 g/mol. The second kappa shape index (κ2) is 29.5. The van der Waals surface area contributed by atoms with E-state index < -0.39 is 114 Å². The molecule has 0 aromatic heterocycles. The van der Waals surface area contributed by atoms with Crippen LogP contribution < -0.4 is 36.1 Å². The first-order valence-corrected chi connectivity index (χ1v) is 29.8. The highest BCUT2D eigenvalue weighted by atomic mass is 35.5. The number of hydrogen-bond acceptors (Lipinski definition) is 17. The number of fused-ring (bicyclic) bond motifs is 5. The van der Waals surface area contributed by atoms with Gasteiger partial charge in [-0.3, -0.25) is 33.3 Å². The molecule has 466 valence electrons. The Balaban J connectivity index is 1.67. The topological polar surface area (TPSA) is 299 Å². The summed E-state index contributed by atoms with van der Waals surface area (Å²) in [4.78, 5) is 127. The molecule has 0 aliphatic carbocycles. The maximum absolute atomic E-state index is 15.3. The van der Waals surface area contributed by atoms with Crippen LogP contribution in [0.2, 0.25) is 5.02 Å². The summed E-state index contributed by atoms with van der Waals surface area (Å²) >= 11 is 6.12. The van der Waals surface area contributed by atoms with E-state index in [1.165, 1.54) is 57.3 Å². The maximum atomic E-state index is 15.3. The van der Waals surface area contributed by atoms with E-state index in [2.05, 4.69) is 26.6 Å². The molecule has 25 heteroatoms. The average molecular weight is 1230 g/mol. The van der Waals surface area contributed by atoms with Crippen molar-refractivity contribution in [3.8, 4) is 33.8 Å². The number of carbonyl (C=O) groups is 9. The van der Waals surface area contributed by atoms with E-state index in [4.69, 9.17) is 44.3 Å². The molecule has 1 aliphatic rings. The molecule has 23 nitrogen and oxygen atoms in total. The van der Waals surface area contributed by atoms with Crippen LogP contribution >= 0.6 is 19.2 Å². The molecule has 0 fully saturated rings. The number of carbonyl (C=O) groups excluding carboxylic acids is 9. The van der Waals surface area contributed by atoms with Crippen molar-refractivity contribution < 1.29 is 80.4 Å². The molecule has 1 heterocycles. The third-order valence-corrected chi connectivity index (χ3v) is 15.0. The largest absolute Gasteiger partial charge is 0.514 e. The number of halogens is 1. The van der Waals surface area contributed by atoms with Crippen LogP contribution in [0.25, 0.3) is 22.3 Å². The number of alkyl carbamates (subject to hydrolysis) is 1. The van der Waals surface area contributed by atoms with Gasteiger partial charge in [0.2, 0.25) is 23.6 Å². The summed E-state index contributed by atoms with van der Waals surface area (Å²) in [5, 5.41) is 13.9. The molecule has 4 bridgehead atoms. The lowest BCUT2D eigenvalue weighted by Crippen LogP contribution is -2.57. The zero-order chi connectivity index (χ0) is 64.1. The number of benzene rings is 4. The minimum absolute atomic E-state index is 0.00320. The van der Waals surface area contributed by atoms with Gasteiger partial charge in [0.1, 0.15) is 58.6 Å². The Bertz CT molecular complexity index is 3180. The fraction of sp³-hybridized carbons (Fsp3) is 0.459. The van der Waals surface area contributed by atoms with Crippen molar-refractivity contribution in [2.45, 2.75) is 149 Å². The third kappa shape index (κ3) is 20.7. The molecule has 0 saturated heterocycles. The molecular formula is C61H78ClN6O17P. The number of ether oxygens (including phenoxy) is 5. The van der Waals surface area contributed by atoms with E-state index in [0.717, 1.165) is 30.2 Å². The smallest absolute Gasteiger partial charge is 0.444 e. The van der Waals surface area contributed by atoms with Crippen LogP contribution in [0.15, 0.2) is 84.9 Å².